The van der Waals surface area contributed by atoms with E-state index in [0.29, 0.717) is 12.0 Å². The van der Waals surface area contributed by atoms with E-state index in [1.165, 1.54) is 12.8 Å². The third-order valence-corrected chi connectivity index (χ3v) is 2.51. The van der Waals surface area contributed by atoms with E-state index < -0.39 is 0 Å². The molecule has 0 aromatic rings. The summed E-state index contributed by atoms with van der Waals surface area (Å²) in [5.41, 5.74) is 11.3. The van der Waals surface area contributed by atoms with E-state index in [-0.39, 0.29) is 0 Å². The van der Waals surface area contributed by atoms with Crippen molar-refractivity contribution in [1.82, 2.24) is 0 Å². The van der Waals surface area contributed by atoms with E-state index in [9.17, 15) is 0 Å². The second-order valence-corrected chi connectivity index (χ2v) is 3.12. The average molecular weight is 128 g/mol. The predicted octanol–water partition coefficient (Wildman–Crippen LogP) is 0.319. The molecule has 0 aromatic heterocycles. The van der Waals surface area contributed by atoms with Crippen LogP contribution in [0.25, 0.3) is 0 Å². The van der Waals surface area contributed by atoms with Crippen LogP contribution in [0.5, 0.6) is 0 Å². The first-order chi connectivity index (χ1) is 4.25. The van der Waals surface area contributed by atoms with Crippen molar-refractivity contribution in [3.05, 3.63) is 0 Å². The van der Waals surface area contributed by atoms with Gasteiger partial charge in [-0.2, -0.15) is 0 Å². The van der Waals surface area contributed by atoms with Crippen LogP contribution in [0.1, 0.15) is 19.8 Å². The van der Waals surface area contributed by atoms with E-state index in [0.717, 1.165) is 12.5 Å². The van der Waals surface area contributed by atoms with Crippen LogP contribution >= 0.6 is 0 Å². The highest BCUT2D eigenvalue weighted by Crippen LogP contribution is 2.28. The van der Waals surface area contributed by atoms with Crippen molar-refractivity contribution >= 4 is 0 Å². The van der Waals surface area contributed by atoms with Gasteiger partial charge in [0.15, 0.2) is 0 Å². The average Bonchev–Trinajstić information content (AvgIpc) is 2.12. The smallest absolute Gasteiger partial charge is 0.00818 e. The number of hydrogen-bond donors (Lipinski definition) is 2. The summed E-state index contributed by atoms with van der Waals surface area (Å²) in [6, 6.07) is 0.380. The van der Waals surface area contributed by atoms with Crippen LogP contribution in [0.4, 0.5) is 0 Å². The fraction of sp³-hybridized carbons (Fsp3) is 1.00. The van der Waals surface area contributed by atoms with Crippen LogP contribution in [-0.4, -0.2) is 12.6 Å². The zero-order chi connectivity index (χ0) is 6.85. The van der Waals surface area contributed by atoms with Gasteiger partial charge in [-0.25, -0.2) is 0 Å². The van der Waals surface area contributed by atoms with Gasteiger partial charge in [-0.3, -0.25) is 0 Å². The van der Waals surface area contributed by atoms with Crippen molar-refractivity contribution < 1.29 is 0 Å². The van der Waals surface area contributed by atoms with E-state index in [4.69, 9.17) is 11.5 Å². The molecule has 1 fully saturated rings. The molecule has 0 aliphatic heterocycles. The Kier molecular flexibility index (Phi) is 2.09. The molecule has 0 heterocycles. The zero-order valence-corrected chi connectivity index (χ0v) is 6.01. The van der Waals surface area contributed by atoms with Gasteiger partial charge < -0.3 is 11.5 Å². The normalized spacial score (nSPS) is 43.7. The number of rotatable bonds is 1. The van der Waals surface area contributed by atoms with Gasteiger partial charge in [-0.15, -0.1) is 0 Å². The van der Waals surface area contributed by atoms with Crippen molar-refractivity contribution in [2.45, 2.75) is 25.8 Å². The Labute approximate surface area is 56.6 Å². The summed E-state index contributed by atoms with van der Waals surface area (Å²) in [7, 11) is 0. The standard InChI is InChI=1S/C7H16N2/c1-5-2-3-7(9)6(5)4-8/h5-7H,2-4,8-9H2,1H3/t5-,6+,7-/m1/s1. The van der Waals surface area contributed by atoms with Crippen LogP contribution in [-0.2, 0) is 0 Å². The van der Waals surface area contributed by atoms with Gasteiger partial charge in [0.05, 0.1) is 0 Å². The minimum Gasteiger partial charge on any atom is -0.330 e. The van der Waals surface area contributed by atoms with E-state index in [1.54, 1.807) is 0 Å². The van der Waals surface area contributed by atoms with Crippen molar-refractivity contribution in [2.24, 2.45) is 23.3 Å². The van der Waals surface area contributed by atoms with Gasteiger partial charge in [0.1, 0.15) is 0 Å². The van der Waals surface area contributed by atoms with Crippen LogP contribution in [0.3, 0.4) is 0 Å². The molecule has 0 amide bonds. The summed E-state index contributed by atoms with van der Waals surface area (Å²) in [5, 5.41) is 0. The lowest BCUT2D eigenvalue weighted by atomic mass is 9.96. The molecule has 1 rings (SSSR count). The van der Waals surface area contributed by atoms with Gasteiger partial charge >= 0.3 is 0 Å². The van der Waals surface area contributed by atoms with Crippen molar-refractivity contribution in [2.75, 3.05) is 6.54 Å². The molecule has 1 aliphatic rings. The van der Waals surface area contributed by atoms with Gasteiger partial charge in [0.25, 0.3) is 0 Å². The monoisotopic (exact) mass is 128 g/mol. The molecule has 2 heteroatoms. The Hall–Kier alpha value is -0.0800. The van der Waals surface area contributed by atoms with Gasteiger partial charge in [-0.1, -0.05) is 6.92 Å². The molecule has 1 aliphatic carbocycles. The topological polar surface area (TPSA) is 52.0 Å². The molecule has 54 valence electrons. The lowest BCUT2D eigenvalue weighted by Crippen LogP contribution is -2.32. The molecule has 0 bridgehead atoms. The Morgan fingerprint density at radius 2 is 2.11 bits per heavy atom. The van der Waals surface area contributed by atoms with E-state index >= 15 is 0 Å². The lowest BCUT2D eigenvalue weighted by Gasteiger charge is -2.16. The van der Waals surface area contributed by atoms with Crippen LogP contribution in [0.2, 0.25) is 0 Å². The van der Waals surface area contributed by atoms with Crippen LogP contribution in [0, 0.1) is 11.8 Å². The minimum absolute atomic E-state index is 0.380. The van der Waals surface area contributed by atoms with E-state index in [2.05, 4.69) is 6.92 Å². The summed E-state index contributed by atoms with van der Waals surface area (Å²) in [6.45, 7) is 3.01. The zero-order valence-electron chi connectivity index (χ0n) is 6.01. The van der Waals surface area contributed by atoms with Crippen LogP contribution in [0.15, 0.2) is 0 Å². The first-order valence-corrected chi connectivity index (χ1v) is 3.71. The molecule has 2 nitrogen and oxygen atoms in total. The first kappa shape index (κ1) is 7.03. The highest BCUT2D eigenvalue weighted by Gasteiger charge is 2.28. The Balaban J connectivity index is 2.44. The molecule has 0 unspecified atom stereocenters. The lowest BCUT2D eigenvalue weighted by molar-refractivity contribution is 0.396. The molecular formula is C7H16N2. The molecule has 0 spiro atoms. The maximum atomic E-state index is 5.80. The molecule has 0 saturated heterocycles. The molecular weight excluding hydrogens is 112 g/mol. The summed E-state index contributed by atoms with van der Waals surface area (Å²) in [5.74, 6) is 1.34. The van der Waals surface area contributed by atoms with Crippen LogP contribution < -0.4 is 11.5 Å². The Bertz CT molecular complexity index is 82.9. The maximum absolute atomic E-state index is 5.80. The summed E-state index contributed by atoms with van der Waals surface area (Å²) in [6.07, 6.45) is 2.44. The highest BCUT2D eigenvalue weighted by atomic mass is 14.7. The molecule has 9 heavy (non-hydrogen) atoms. The Morgan fingerprint density at radius 3 is 2.33 bits per heavy atom. The quantitative estimate of drug-likeness (QED) is 0.534. The number of hydrogen-bond acceptors (Lipinski definition) is 2. The van der Waals surface area contributed by atoms with Gasteiger partial charge in [-0.05, 0) is 31.2 Å². The molecule has 4 N–H and O–H groups in total. The predicted molar refractivity (Wildman–Crippen MR) is 38.9 cm³/mol. The maximum Gasteiger partial charge on any atom is 0.00818 e. The third kappa shape index (κ3) is 1.25. The van der Waals surface area contributed by atoms with Gasteiger partial charge in [0, 0.05) is 6.04 Å². The molecule has 0 radical (unpaired) electrons. The summed E-state index contributed by atoms with van der Waals surface area (Å²) in [4.78, 5) is 0. The summed E-state index contributed by atoms with van der Waals surface area (Å²) >= 11 is 0. The highest BCUT2D eigenvalue weighted by molar-refractivity contribution is 4.85. The van der Waals surface area contributed by atoms with E-state index in [1.807, 2.05) is 0 Å². The van der Waals surface area contributed by atoms with Crippen molar-refractivity contribution in [3.8, 4) is 0 Å². The molecule has 3 atom stereocenters. The van der Waals surface area contributed by atoms with Gasteiger partial charge in [0.2, 0.25) is 0 Å². The fourth-order valence-corrected chi connectivity index (χ4v) is 1.71. The molecule has 1 saturated carbocycles. The second-order valence-electron chi connectivity index (χ2n) is 3.12. The third-order valence-electron chi connectivity index (χ3n) is 2.51. The Morgan fingerprint density at radius 1 is 1.44 bits per heavy atom. The second kappa shape index (κ2) is 2.67. The first-order valence-electron chi connectivity index (χ1n) is 3.71. The fourth-order valence-electron chi connectivity index (χ4n) is 1.71. The largest absolute Gasteiger partial charge is 0.330 e. The van der Waals surface area contributed by atoms with Crippen molar-refractivity contribution in [3.63, 3.8) is 0 Å². The molecule has 0 aromatic carbocycles. The minimum atomic E-state index is 0.380. The number of nitrogens with two attached hydrogens (primary N) is 2. The van der Waals surface area contributed by atoms with Crippen molar-refractivity contribution in [1.29, 1.82) is 0 Å². The summed E-state index contributed by atoms with van der Waals surface area (Å²) < 4.78 is 0. The SMILES string of the molecule is C[C@@H]1CC[C@@H](N)[C@H]1CN.